The smallest absolute Gasteiger partial charge is 0.324 e. The first kappa shape index (κ1) is 22.1. The van der Waals surface area contributed by atoms with Crippen LogP contribution >= 0.6 is 0 Å². The lowest BCUT2D eigenvalue weighted by Crippen LogP contribution is -2.48. The van der Waals surface area contributed by atoms with Crippen LogP contribution < -0.4 is 4.90 Å². The summed E-state index contributed by atoms with van der Waals surface area (Å²) in [4.78, 5) is 16.7. The number of rotatable bonds is 5. The maximum atomic E-state index is 13.3. The van der Waals surface area contributed by atoms with Crippen LogP contribution in [0, 0.1) is 6.92 Å². The number of hydrogen-bond acceptors (Lipinski definition) is 5. The minimum absolute atomic E-state index is 0.0136. The summed E-state index contributed by atoms with van der Waals surface area (Å²) in [7, 11) is -0.878. The number of amides is 2. The normalized spacial score (nSPS) is 14.7. The van der Waals surface area contributed by atoms with E-state index in [-0.39, 0.29) is 11.9 Å². The molecule has 0 unspecified atom stereocenters. The van der Waals surface area contributed by atoms with Crippen molar-refractivity contribution in [2.45, 2.75) is 19.9 Å². The van der Waals surface area contributed by atoms with Gasteiger partial charge in [0.1, 0.15) is 0 Å². The van der Waals surface area contributed by atoms with Gasteiger partial charge in [0.15, 0.2) is 0 Å². The zero-order chi connectivity index (χ0) is 22.7. The average Bonchev–Trinajstić information content (AvgIpc) is 3.29. The third-order valence-electron chi connectivity index (χ3n) is 5.19. The molecule has 2 amide bonds. The lowest BCUT2D eigenvalue weighted by Gasteiger charge is -2.33. The monoisotopic (exact) mass is 460 g/mol. The van der Waals surface area contributed by atoms with Gasteiger partial charge < -0.3 is 9.32 Å². The minimum atomic E-state index is -2.82. The molecule has 0 atom stereocenters. The molecule has 0 spiro atoms. The summed E-state index contributed by atoms with van der Waals surface area (Å²) < 4.78 is 42.1. The van der Waals surface area contributed by atoms with Crippen LogP contribution in [0.4, 0.5) is 19.3 Å². The second-order valence-electron chi connectivity index (χ2n) is 7.48. The Hall–Kier alpha value is -3.14. The number of carbonyl (C=O) groups excluding carboxylic acids is 1. The first-order chi connectivity index (χ1) is 15.4. The Balaban J connectivity index is 1.55. The first-order valence-electron chi connectivity index (χ1n) is 10.1. The van der Waals surface area contributed by atoms with Crippen LogP contribution in [0.5, 0.6) is 0 Å². The number of nitrogens with zero attached hydrogens (tertiary/aromatic N) is 4. The Morgan fingerprint density at radius 3 is 2.34 bits per heavy atom. The summed E-state index contributed by atoms with van der Waals surface area (Å²) in [5.74, 6) is 0.252. The van der Waals surface area contributed by atoms with Gasteiger partial charge in [0.25, 0.3) is 5.89 Å². The molecule has 1 aliphatic heterocycles. The first-order valence-corrected chi connectivity index (χ1v) is 11.6. The highest BCUT2D eigenvalue weighted by Gasteiger charge is 2.26. The Labute approximate surface area is 186 Å². The van der Waals surface area contributed by atoms with Crippen molar-refractivity contribution in [2.75, 3.05) is 29.5 Å². The summed E-state index contributed by atoms with van der Waals surface area (Å²) in [6, 6.07) is 14.5. The largest absolute Gasteiger partial charge is 0.415 e. The van der Waals surface area contributed by atoms with E-state index in [2.05, 4.69) is 10.2 Å². The third-order valence-corrected chi connectivity index (χ3v) is 6.47. The maximum Gasteiger partial charge on any atom is 0.324 e. The summed E-state index contributed by atoms with van der Waals surface area (Å²) in [6.07, 6.45) is -2.82. The van der Waals surface area contributed by atoms with Gasteiger partial charge in [0, 0.05) is 46.6 Å². The van der Waals surface area contributed by atoms with Crippen LogP contribution in [0.3, 0.4) is 0 Å². The summed E-state index contributed by atoms with van der Waals surface area (Å²) in [6.45, 7) is 3.20. The average molecular weight is 461 g/mol. The van der Waals surface area contributed by atoms with Crippen molar-refractivity contribution in [3.63, 3.8) is 0 Å². The number of carbonyl (C=O) groups is 1. The predicted molar refractivity (Wildman–Crippen MR) is 117 cm³/mol. The summed E-state index contributed by atoms with van der Waals surface area (Å²) >= 11 is 0. The van der Waals surface area contributed by atoms with Crippen molar-refractivity contribution >= 4 is 22.5 Å². The number of halogens is 2. The van der Waals surface area contributed by atoms with Crippen molar-refractivity contribution in [1.82, 2.24) is 15.1 Å². The Bertz CT molecular complexity index is 1090. The minimum Gasteiger partial charge on any atom is -0.415 e. The number of urea groups is 1. The molecule has 10 heteroatoms. The maximum absolute atomic E-state index is 13.3. The van der Waals surface area contributed by atoms with Crippen molar-refractivity contribution in [1.29, 1.82) is 0 Å². The molecule has 1 aliphatic rings. The molecule has 32 heavy (non-hydrogen) atoms. The van der Waals surface area contributed by atoms with Crippen molar-refractivity contribution in [2.24, 2.45) is 0 Å². The molecule has 7 nitrogen and oxygen atoms in total. The van der Waals surface area contributed by atoms with Gasteiger partial charge in [-0.15, -0.1) is 10.2 Å². The Kier molecular flexibility index (Phi) is 6.59. The number of hydrogen-bond donors (Lipinski definition) is 0. The van der Waals surface area contributed by atoms with Crippen LogP contribution in [0.15, 0.2) is 52.9 Å². The Morgan fingerprint density at radius 2 is 1.75 bits per heavy atom. The van der Waals surface area contributed by atoms with Crippen LogP contribution in [0.25, 0.3) is 11.5 Å². The van der Waals surface area contributed by atoms with E-state index < -0.39 is 23.1 Å². The van der Waals surface area contributed by atoms with Gasteiger partial charge in [-0.05, 0) is 36.8 Å². The van der Waals surface area contributed by atoms with Gasteiger partial charge in [0.2, 0.25) is 5.89 Å². The molecule has 168 valence electrons. The molecular formula is C22H22F2N4O3S. The summed E-state index contributed by atoms with van der Waals surface area (Å²) in [5, 5.41) is 7.00. The molecule has 0 radical (unpaired) electrons. The van der Waals surface area contributed by atoms with Crippen molar-refractivity contribution in [3.8, 4) is 11.5 Å². The fraction of sp³-hybridized carbons (Fsp3) is 0.318. The van der Waals surface area contributed by atoms with E-state index in [1.165, 1.54) is 0 Å². The molecule has 1 saturated heterocycles. The van der Waals surface area contributed by atoms with Gasteiger partial charge in [-0.25, -0.2) is 4.79 Å². The molecule has 0 bridgehead atoms. The lowest BCUT2D eigenvalue weighted by molar-refractivity contribution is 0.116. The van der Waals surface area contributed by atoms with E-state index in [9.17, 15) is 17.8 Å². The number of benzene rings is 2. The standard InChI is InChI=1S/C22H22F2N4O3S/c1-15-2-8-18(9-3-15)28(22(29)27-10-12-32(30)13-11-27)14-16-4-6-17(7-5-16)20-25-26-21(31-20)19(23)24/h2-9,19H,10-14H2,1H3. The molecular weight excluding hydrogens is 438 g/mol. The molecule has 3 aromatic rings. The third kappa shape index (κ3) is 5.01. The second kappa shape index (κ2) is 9.56. The molecule has 2 heterocycles. The quantitative estimate of drug-likeness (QED) is 0.571. The molecule has 0 N–H and O–H groups in total. The molecule has 0 aliphatic carbocycles. The molecule has 1 fully saturated rings. The van der Waals surface area contributed by atoms with Gasteiger partial charge in [-0.3, -0.25) is 9.11 Å². The highest BCUT2D eigenvalue weighted by atomic mass is 32.2. The fourth-order valence-corrected chi connectivity index (χ4v) is 4.42. The zero-order valence-electron chi connectivity index (χ0n) is 17.4. The number of anilines is 1. The van der Waals surface area contributed by atoms with E-state index in [1.807, 2.05) is 31.2 Å². The number of aromatic nitrogens is 2. The second-order valence-corrected chi connectivity index (χ2v) is 9.18. The van der Waals surface area contributed by atoms with Crippen LogP contribution in [0.1, 0.15) is 23.4 Å². The molecule has 1 aromatic heterocycles. The highest BCUT2D eigenvalue weighted by Crippen LogP contribution is 2.25. The van der Waals surface area contributed by atoms with Crippen LogP contribution in [-0.4, -0.2) is 49.9 Å². The van der Waals surface area contributed by atoms with Crippen LogP contribution in [0.2, 0.25) is 0 Å². The predicted octanol–water partition coefficient (Wildman–Crippen LogP) is 4.17. The van der Waals surface area contributed by atoms with Gasteiger partial charge in [-0.2, -0.15) is 8.78 Å². The highest BCUT2D eigenvalue weighted by molar-refractivity contribution is 7.85. The molecule has 4 rings (SSSR count). The van der Waals surface area contributed by atoms with Crippen LogP contribution in [-0.2, 0) is 17.3 Å². The topological polar surface area (TPSA) is 79.5 Å². The SMILES string of the molecule is Cc1ccc(N(Cc2ccc(-c3nnc(C(F)F)o3)cc2)C(=O)N2CCS(=O)CC2)cc1. The zero-order valence-corrected chi connectivity index (χ0v) is 18.2. The van der Waals surface area contributed by atoms with E-state index >= 15 is 0 Å². The van der Waals surface area contributed by atoms with E-state index in [4.69, 9.17) is 4.42 Å². The number of alkyl halides is 2. The van der Waals surface area contributed by atoms with Gasteiger partial charge in [-0.1, -0.05) is 29.8 Å². The molecule has 2 aromatic carbocycles. The van der Waals surface area contributed by atoms with Gasteiger partial charge >= 0.3 is 12.5 Å². The van der Waals surface area contributed by atoms with Gasteiger partial charge in [0.05, 0.1) is 6.54 Å². The Morgan fingerprint density at radius 1 is 1.09 bits per heavy atom. The lowest BCUT2D eigenvalue weighted by atomic mass is 10.1. The van der Waals surface area contributed by atoms with Crippen molar-refractivity contribution in [3.05, 3.63) is 65.5 Å². The number of aryl methyl sites for hydroxylation is 1. The fourth-order valence-electron chi connectivity index (χ4n) is 3.37. The van der Waals surface area contributed by atoms with Crippen molar-refractivity contribution < 1.29 is 22.2 Å². The molecule has 0 saturated carbocycles. The summed E-state index contributed by atoms with van der Waals surface area (Å²) in [5.41, 5.74) is 3.20. The van der Waals surface area contributed by atoms with E-state index in [0.29, 0.717) is 36.7 Å². The van der Waals surface area contributed by atoms with E-state index in [1.54, 1.807) is 34.1 Å². The van der Waals surface area contributed by atoms with E-state index in [0.717, 1.165) is 16.8 Å².